The van der Waals surface area contributed by atoms with E-state index < -0.39 is 33.7 Å². The maximum absolute atomic E-state index is 12.1. The minimum Gasteiger partial charge on any atom is -0.382 e. The number of sulfonamides is 1. The third-order valence-electron chi connectivity index (χ3n) is 2.08. The highest BCUT2D eigenvalue weighted by atomic mass is 79.9. The van der Waals surface area contributed by atoms with Crippen LogP contribution in [0.4, 0.5) is 13.2 Å². The van der Waals surface area contributed by atoms with E-state index in [1.165, 1.54) is 12.1 Å². The Kier molecular flexibility index (Phi) is 5.73. The molecule has 20 heavy (non-hydrogen) atoms. The minimum atomic E-state index is -4.93. The lowest BCUT2D eigenvalue weighted by Crippen LogP contribution is -2.40. The van der Waals surface area contributed by atoms with E-state index in [-0.39, 0.29) is 10.0 Å². The molecule has 0 radical (unpaired) electrons. The van der Waals surface area contributed by atoms with E-state index in [0.29, 0.717) is 4.47 Å². The number of aliphatic hydroxyl groups is 1. The van der Waals surface area contributed by atoms with Gasteiger partial charge in [0.05, 0.1) is 10.0 Å². The van der Waals surface area contributed by atoms with Crippen LogP contribution in [0, 0.1) is 0 Å². The summed E-state index contributed by atoms with van der Waals surface area (Å²) in [6, 6.07) is 2.45. The Hall–Kier alpha value is -0.0600. The van der Waals surface area contributed by atoms with Crippen LogP contribution in [-0.2, 0) is 10.0 Å². The van der Waals surface area contributed by atoms with Crippen molar-refractivity contribution in [3.05, 3.63) is 26.7 Å². The van der Waals surface area contributed by atoms with Crippen LogP contribution < -0.4 is 4.72 Å². The Morgan fingerprint density at radius 3 is 2.15 bits per heavy atom. The van der Waals surface area contributed by atoms with E-state index in [9.17, 15) is 21.6 Å². The van der Waals surface area contributed by atoms with Crippen molar-refractivity contribution in [1.29, 1.82) is 0 Å². The first-order chi connectivity index (χ1) is 8.95. The molecule has 1 aromatic carbocycles. The molecule has 2 N–H and O–H groups in total. The first-order valence-corrected chi connectivity index (χ1v) is 7.87. The van der Waals surface area contributed by atoms with Crippen molar-refractivity contribution in [2.45, 2.75) is 17.2 Å². The van der Waals surface area contributed by atoms with E-state index in [2.05, 4.69) is 15.9 Å². The van der Waals surface area contributed by atoms with Crippen molar-refractivity contribution in [3.63, 3.8) is 0 Å². The summed E-state index contributed by atoms with van der Waals surface area (Å²) in [6.45, 7) is -1.24. The van der Waals surface area contributed by atoms with E-state index in [1.807, 2.05) is 0 Å². The van der Waals surface area contributed by atoms with Crippen LogP contribution in [0.5, 0.6) is 0 Å². The maximum atomic E-state index is 12.1. The summed E-state index contributed by atoms with van der Waals surface area (Å²) in [7, 11) is -4.39. The molecule has 4 nitrogen and oxygen atoms in total. The number of alkyl halides is 3. The molecule has 0 fully saturated rings. The van der Waals surface area contributed by atoms with E-state index in [1.54, 1.807) is 4.72 Å². The molecular weight excluding hydrogens is 410 g/mol. The Balaban J connectivity index is 3.02. The quantitative estimate of drug-likeness (QED) is 0.792. The molecule has 11 heteroatoms. The SMILES string of the molecule is O=S(=O)(NCC(O)C(F)(F)F)c1c(Cl)cc(Br)cc1Cl. The second-order valence-electron chi connectivity index (χ2n) is 3.61. The Morgan fingerprint density at radius 1 is 1.30 bits per heavy atom. The average Bonchev–Trinajstić information content (AvgIpc) is 2.22. The van der Waals surface area contributed by atoms with Gasteiger partial charge in [-0.2, -0.15) is 13.2 Å². The smallest absolute Gasteiger partial charge is 0.382 e. The molecule has 0 amide bonds. The van der Waals surface area contributed by atoms with E-state index in [4.69, 9.17) is 28.3 Å². The average molecular weight is 417 g/mol. The van der Waals surface area contributed by atoms with Gasteiger partial charge in [0.15, 0.2) is 6.10 Å². The zero-order valence-corrected chi connectivity index (χ0v) is 13.3. The summed E-state index contributed by atoms with van der Waals surface area (Å²) in [5.74, 6) is 0. The van der Waals surface area contributed by atoms with Crippen molar-refractivity contribution < 1.29 is 26.7 Å². The summed E-state index contributed by atoms with van der Waals surface area (Å²) in [5.41, 5.74) is 0. The Morgan fingerprint density at radius 2 is 1.75 bits per heavy atom. The molecule has 0 saturated carbocycles. The van der Waals surface area contributed by atoms with Crippen molar-refractivity contribution in [2.24, 2.45) is 0 Å². The lowest BCUT2D eigenvalue weighted by Gasteiger charge is -2.16. The van der Waals surface area contributed by atoms with Crippen molar-refractivity contribution in [3.8, 4) is 0 Å². The number of rotatable bonds is 4. The molecule has 0 spiro atoms. The highest BCUT2D eigenvalue weighted by Crippen LogP contribution is 2.32. The highest BCUT2D eigenvalue weighted by molar-refractivity contribution is 9.10. The van der Waals surface area contributed by atoms with Crippen molar-refractivity contribution in [2.75, 3.05) is 6.54 Å². The van der Waals surface area contributed by atoms with Gasteiger partial charge in [0.2, 0.25) is 10.0 Å². The summed E-state index contributed by atoms with van der Waals surface area (Å²) in [6.07, 6.45) is -7.76. The zero-order valence-electron chi connectivity index (χ0n) is 9.38. The number of benzene rings is 1. The van der Waals surface area contributed by atoms with Crippen molar-refractivity contribution in [1.82, 2.24) is 4.72 Å². The molecule has 114 valence electrons. The molecule has 0 saturated heterocycles. The monoisotopic (exact) mass is 415 g/mol. The first-order valence-electron chi connectivity index (χ1n) is 4.84. The van der Waals surface area contributed by atoms with Crippen LogP contribution in [0.1, 0.15) is 0 Å². The molecule has 1 unspecified atom stereocenters. The largest absolute Gasteiger partial charge is 0.415 e. The lowest BCUT2D eigenvalue weighted by molar-refractivity contribution is -0.200. The lowest BCUT2D eigenvalue weighted by atomic mass is 10.3. The van der Waals surface area contributed by atoms with Gasteiger partial charge in [-0.3, -0.25) is 0 Å². The Bertz CT molecular complexity index is 586. The van der Waals surface area contributed by atoms with Gasteiger partial charge < -0.3 is 5.11 Å². The molecule has 1 rings (SSSR count). The molecule has 0 heterocycles. The van der Waals surface area contributed by atoms with Crippen LogP contribution in [0.25, 0.3) is 0 Å². The fourth-order valence-corrected chi connectivity index (χ4v) is 4.13. The predicted molar refractivity (Wildman–Crippen MR) is 71.4 cm³/mol. The van der Waals surface area contributed by atoms with Crippen LogP contribution >= 0.6 is 39.1 Å². The van der Waals surface area contributed by atoms with Crippen LogP contribution in [0.3, 0.4) is 0 Å². The molecule has 0 aliphatic heterocycles. The number of hydrogen-bond acceptors (Lipinski definition) is 3. The number of hydrogen-bond donors (Lipinski definition) is 2. The predicted octanol–water partition coefficient (Wildman–Crippen LogP) is 2.96. The number of aliphatic hydroxyl groups excluding tert-OH is 1. The van der Waals surface area contributed by atoms with Gasteiger partial charge in [0.1, 0.15) is 4.90 Å². The summed E-state index contributed by atoms with van der Waals surface area (Å²) < 4.78 is 62.0. The molecule has 0 aromatic heterocycles. The molecule has 0 aliphatic rings. The van der Waals surface area contributed by atoms with Gasteiger partial charge in [-0.15, -0.1) is 0 Å². The summed E-state index contributed by atoms with van der Waals surface area (Å²) in [4.78, 5) is -0.557. The van der Waals surface area contributed by atoms with Crippen molar-refractivity contribution >= 4 is 49.2 Å². The Labute approximate surface area is 131 Å². The maximum Gasteiger partial charge on any atom is 0.415 e. The standard InChI is InChI=1S/C9H7BrCl2F3NO3S/c10-4-1-5(11)8(6(12)2-4)20(18,19)16-3-7(17)9(13,14)15/h1-2,7,16-17H,3H2. The highest BCUT2D eigenvalue weighted by Gasteiger charge is 2.39. The fourth-order valence-electron chi connectivity index (χ4n) is 1.16. The molecule has 0 aliphatic carbocycles. The van der Waals surface area contributed by atoms with Gasteiger partial charge in [-0.05, 0) is 12.1 Å². The van der Waals surface area contributed by atoms with Gasteiger partial charge in [-0.1, -0.05) is 39.1 Å². The second-order valence-corrected chi connectivity index (χ2v) is 7.04. The van der Waals surface area contributed by atoms with Gasteiger partial charge in [0.25, 0.3) is 0 Å². The van der Waals surface area contributed by atoms with Gasteiger partial charge >= 0.3 is 6.18 Å². The topological polar surface area (TPSA) is 66.4 Å². The fraction of sp³-hybridized carbons (Fsp3) is 0.333. The normalized spacial score (nSPS) is 14.3. The molecule has 0 bridgehead atoms. The van der Waals surface area contributed by atoms with E-state index >= 15 is 0 Å². The van der Waals surface area contributed by atoms with Crippen LogP contribution in [-0.4, -0.2) is 32.3 Å². The minimum absolute atomic E-state index is 0.265. The van der Waals surface area contributed by atoms with Gasteiger partial charge in [0, 0.05) is 11.0 Å². The number of nitrogens with one attached hydrogen (secondary N) is 1. The molecular formula is C9H7BrCl2F3NO3S. The number of halogens is 6. The van der Waals surface area contributed by atoms with Crippen LogP contribution in [0.2, 0.25) is 10.0 Å². The van der Waals surface area contributed by atoms with Gasteiger partial charge in [-0.25, -0.2) is 13.1 Å². The molecule has 1 aromatic rings. The van der Waals surface area contributed by atoms with E-state index in [0.717, 1.165) is 0 Å². The zero-order chi connectivity index (χ0) is 15.7. The molecule has 1 atom stereocenters. The van der Waals surface area contributed by atoms with Crippen LogP contribution in [0.15, 0.2) is 21.5 Å². The third kappa shape index (κ3) is 4.47. The first kappa shape index (κ1) is 18.0. The summed E-state index contributed by atoms with van der Waals surface area (Å²) in [5, 5.41) is 8.22. The second kappa shape index (κ2) is 6.37. The summed E-state index contributed by atoms with van der Waals surface area (Å²) >= 11 is 14.4. The third-order valence-corrected chi connectivity index (χ3v) is 4.88.